The van der Waals surface area contributed by atoms with E-state index < -0.39 is 0 Å². The Labute approximate surface area is 103 Å². The summed E-state index contributed by atoms with van der Waals surface area (Å²) >= 11 is 0. The van der Waals surface area contributed by atoms with Crippen molar-refractivity contribution in [2.45, 2.75) is 26.3 Å². The number of carbonyl (C=O) groups excluding carboxylic acids is 1. The van der Waals surface area contributed by atoms with Gasteiger partial charge < -0.3 is 16.0 Å². The minimum Gasteiger partial charge on any atom is -0.328 e. The lowest BCUT2D eigenvalue weighted by Gasteiger charge is -2.17. The molecule has 3 N–H and O–H groups in total. The summed E-state index contributed by atoms with van der Waals surface area (Å²) in [7, 11) is 1.80. The van der Waals surface area contributed by atoms with Gasteiger partial charge in [0.1, 0.15) is 0 Å². The molecule has 0 aromatic heterocycles. The quantitative estimate of drug-likeness (QED) is 0.823. The van der Waals surface area contributed by atoms with E-state index in [1.807, 2.05) is 24.3 Å². The van der Waals surface area contributed by atoms with Crippen molar-refractivity contribution in [1.82, 2.24) is 4.90 Å². The molecule has 0 heterocycles. The first-order valence-corrected chi connectivity index (χ1v) is 5.98. The van der Waals surface area contributed by atoms with Crippen molar-refractivity contribution >= 4 is 11.7 Å². The van der Waals surface area contributed by atoms with Gasteiger partial charge in [0.2, 0.25) is 0 Å². The molecule has 0 aliphatic heterocycles. The molecule has 4 nitrogen and oxygen atoms in total. The van der Waals surface area contributed by atoms with Gasteiger partial charge in [-0.3, -0.25) is 0 Å². The maximum atomic E-state index is 11.8. The van der Waals surface area contributed by atoms with Gasteiger partial charge in [-0.1, -0.05) is 25.5 Å². The summed E-state index contributed by atoms with van der Waals surface area (Å²) in [6.45, 7) is 3.41. The van der Waals surface area contributed by atoms with Crippen LogP contribution in [-0.2, 0) is 6.54 Å². The number of rotatable bonds is 5. The first-order chi connectivity index (χ1) is 8.17. The van der Waals surface area contributed by atoms with Crippen molar-refractivity contribution in [3.05, 3.63) is 29.8 Å². The highest BCUT2D eigenvalue weighted by Gasteiger charge is 2.07. The van der Waals surface area contributed by atoms with E-state index in [0.717, 1.165) is 30.6 Å². The van der Waals surface area contributed by atoms with Gasteiger partial charge in [0, 0.05) is 25.8 Å². The van der Waals surface area contributed by atoms with Crippen molar-refractivity contribution in [2.75, 3.05) is 18.9 Å². The minimum atomic E-state index is -0.0704. The van der Waals surface area contributed by atoms with Crippen LogP contribution in [-0.4, -0.2) is 24.5 Å². The molecule has 0 saturated carbocycles. The van der Waals surface area contributed by atoms with E-state index in [1.165, 1.54) is 0 Å². The van der Waals surface area contributed by atoms with Crippen molar-refractivity contribution in [3.8, 4) is 0 Å². The predicted octanol–water partition coefficient (Wildman–Crippen LogP) is 2.41. The second kappa shape index (κ2) is 6.91. The minimum absolute atomic E-state index is 0.0704. The lowest BCUT2D eigenvalue weighted by molar-refractivity contribution is 0.222. The molecule has 0 unspecified atom stereocenters. The Bertz CT molecular complexity index is 348. The number of hydrogen-bond acceptors (Lipinski definition) is 2. The number of hydrogen-bond donors (Lipinski definition) is 2. The van der Waals surface area contributed by atoms with Crippen LogP contribution in [0.25, 0.3) is 0 Å². The fraction of sp³-hybridized carbons (Fsp3) is 0.462. The second-order valence-electron chi connectivity index (χ2n) is 4.11. The van der Waals surface area contributed by atoms with Crippen LogP contribution in [0.3, 0.4) is 0 Å². The predicted molar refractivity (Wildman–Crippen MR) is 70.9 cm³/mol. The van der Waals surface area contributed by atoms with Crippen LogP contribution < -0.4 is 11.1 Å². The summed E-state index contributed by atoms with van der Waals surface area (Å²) in [5.41, 5.74) is 7.37. The second-order valence-corrected chi connectivity index (χ2v) is 4.11. The maximum absolute atomic E-state index is 11.8. The molecule has 2 amide bonds. The Balaban J connectivity index is 2.49. The molecular weight excluding hydrogens is 214 g/mol. The number of benzene rings is 1. The molecule has 0 saturated heterocycles. The Kier molecular flexibility index (Phi) is 5.49. The van der Waals surface area contributed by atoms with Crippen molar-refractivity contribution in [1.29, 1.82) is 0 Å². The van der Waals surface area contributed by atoms with Gasteiger partial charge in [-0.2, -0.15) is 0 Å². The number of urea groups is 1. The molecule has 0 bridgehead atoms. The zero-order valence-electron chi connectivity index (χ0n) is 10.6. The summed E-state index contributed by atoms with van der Waals surface area (Å²) in [4.78, 5) is 13.5. The molecule has 0 spiro atoms. The number of anilines is 1. The molecule has 1 rings (SSSR count). The van der Waals surface area contributed by atoms with Gasteiger partial charge in [0.25, 0.3) is 0 Å². The normalized spacial score (nSPS) is 10.1. The smallest absolute Gasteiger partial charge is 0.321 e. The average molecular weight is 235 g/mol. The first-order valence-electron chi connectivity index (χ1n) is 5.98. The molecular formula is C13H21N3O. The van der Waals surface area contributed by atoms with Crippen LogP contribution >= 0.6 is 0 Å². The molecule has 1 aromatic rings. The maximum Gasteiger partial charge on any atom is 0.321 e. The van der Waals surface area contributed by atoms with Crippen LogP contribution in [0.4, 0.5) is 10.5 Å². The Morgan fingerprint density at radius 1 is 1.35 bits per heavy atom. The topological polar surface area (TPSA) is 58.4 Å². The highest BCUT2D eigenvalue weighted by atomic mass is 16.2. The lowest BCUT2D eigenvalue weighted by Crippen LogP contribution is -2.32. The van der Waals surface area contributed by atoms with Gasteiger partial charge in [0.15, 0.2) is 0 Å². The molecule has 94 valence electrons. The Hall–Kier alpha value is -1.55. The zero-order valence-corrected chi connectivity index (χ0v) is 10.6. The van der Waals surface area contributed by atoms with Crippen LogP contribution in [0.5, 0.6) is 0 Å². The molecule has 0 fully saturated rings. The van der Waals surface area contributed by atoms with E-state index in [4.69, 9.17) is 5.73 Å². The van der Waals surface area contributed by atoms with Crippen molar-refractivity contribution < 1.29 is 4.79 Å². The molecule has 1 aromatic carbocycles. The fourth-order valence-electron chi connectivity index (χ4n) is 1.44. The van der Waals surface area contributed by atoms with Crippen LogP contribution in [0.1, 0.15) is 25.3 Å². The van der Waals surface area contributed by atoms with Gasteiger partial charge in [-0.15, -0.1) is 0 Å². The van der Waals surface area contributed by atoms with Crippen LogP contribution in [0.15, 0.2) is 24.3 Å². The summed E-state index contributed by atoms with van der Waals surface area (Å²) in [6.07, 6.45) is 2.11. The number of nitrogens with zero attached hydrogens (tertiary/aromatic N) is 1. The van der Waals surface area contributed by atoms with Crippen LogP contribution in [0, 0.1) is 0 Å². The third kappa shape index (κ3) is 4.44. The third-order valence-electron chi connectivity index (χ3n) is 2.63. The number of nitrogens with one attached hydrogen (secondary N) is 1. The molecule has 0 radical (unpaired) electrons. The summed E-state index contributed by atoms with van der Waals surface area (Å²) in [5.74, 6) is 0. The Morgan fingerprint density at radius 3 is 2.53 bits per heavy atom. The molecule has 0 aliphatic rings. The van der Waals surface area contributed by atoms with Gasteiger partial charge in [-0.05, 0) is 24.1 Å². The Morgan fingerprint density at radius 2 is 2.00 bits per heavy atom. The molecule has 17 heavy (non-hydrogen) atoms. The van der Waals surface area contributed by atoms with Crippen molar-refractivity contribution in [3.63, 3.8) is 0 Å². The largest absolute Gasteiger partial charge is 0.328 e. The van der Waals surface area contributed by atoms with Gasteiger partial charge >= 0.3 is 6.03 Å². The monoisotopic (exact) mass is 235 g/mol. The number of carbonyl (C=O) groups is 1. The highest BCUT2D eigenvalue weighted by molar-refractivity contribution is 5.89. The number of amides is 2. The average Bonchev–Trinajstić information content (AvgIpc) is 2.36. The third-order valence-corrected chi connectivity index (χ3v) is 2.63. The standard InChI is InChI=1S/C13H21N3O/c1-3-4-9-16(2)13(17)15-12-7-5-11(10-14)6-8-12/h5-8H,3-4,9-10,14H2,1-2H3,(H,15,17). The highest BCUT2D eigenvalue weighted by Crippen LogP contribution is 2.09. The summed E-state index contributed by atoms with van der Waals surface area (Å²) < 4.78 is 0. The summed E-state index contributed by atoms with van der Waals surface area (Å²) in [6, 6.07) is 7.50. The molecule has 0 atom stereocenters. The van der Waals surface area contributed by atoms with E-state index in [2.05, 4.69) is 12.2 Å². The van der Waals surface area contributed by atoms with Crippen molar-refractivity contribution in [2.24, 2.45) is 5.73 Å². The first kappa shape index (κ1) is 13.5. The lowest BCUT2D eigenvalue weighted by atomic mass is 10.2. The molecule has 4 heteroatoms. The van der Waals surface area contributed by atoms with E-state index in [-0.39, 0.29) is 6.03 Å². The van der Waals surface area contributed by atoms with E-state index in [1.54, 1.807) is 11.9 Å². The van der Waals surface area contributed by atoms with E-state index >= 15 is 0 Å². The molecule has 0 aliphatic carbocycles. The van der Waals surface area contributed by atoms with Crippen LogP contribution in [0.2, 0.25) is 0 Å². The SMILES string of the molecule is CCCCN(C)C(=O)Nc1ccc(CN)cc1. The zero-order chi connectivity index (χ0) is 12.7. The van der Waals surface area contributed by atoms with Gasteiger partial charge in [0.05, 0.1) is 0 Å². The number of unbranched alkanes of at least 4 members (excludes halogenated alkanes) is 1. The fourth-order valence-corrected chi connectivity index (χ4v) is 1.44. The van der Waals surface area contributed by atoms with E-state index in [9.17, 15) is 4.79 Å². The van der Waals surface area contributed by atoms with Gasteiger partial charge in [-0.25, -0.2) is 4.79 Å². The summed E-state index contributed by atoms with van der Waals surface area (Å²) in [5, 5.41) is 2.85. The number of nitrogens with two attached hydrogens (primary N) is 1. The van der Waals surface area contributed by atoms with E-state index in [0.29, 0.717) is 6.54 Å².